The first-order valence-corrected chi connectivity index (χ1v) is 7.62. The molecule has 0 aromatic heterocycles. The molecule has 3 N–H and O–H groups in total. The maximum Gasteiger partial charge on any atom is 0.0994 e. The van der Waals surface area contributed by atoms with Gasteiger partial charge in [-0.15, -0.1) is 0 Å². The first-order chi connectivity index (χ1) is 9.10. The van der Waals surface area contributed by atoms with Gasteiger partial charge in [0, 0.05) is 13.1 Å². The van der Waals surface area contributed by atoms with Crippen molar-refractivity contribution in [1.82, 2.24) is 9.80 Å². The van der Waals surface area contributed by atoms with E-state index in [9.17, 15) is 15.3 Å². The summed E-state index contributed by atoms with van der Waals surface area (Å²) in [5.74, 6) is 0. The number of aliphatic hydroxyl groups excluding tert-OH is 3. The lowest BCUT2D eigenvalue weighted by Crippen LogP contribution is -2.65. The lowest BCUT2D eigenvalue weighted by atomic mass is 9.90. The topological polar surface area (TPSA) is 67.2 Å². The summed E-state index contributed by atoms with van der Waals surface area (Å²) in [6.07, 6.45) is 0.836. The molecule has 0 radical (unpaired) electrons. The highest BCUT2D eigenvalue weighted by atomic mass is 16.3. The van der Waals surface area contributed by atoms with Crippen LogP contribution in [-0.4, -0.2) is 81.7 Å². The van der Waals surface area contributed by atoms with E-state index in [1.807, 2.05) is 0 Å². The van der Waals surface area contributed by atoms with Gasteiger partial charge in [-0.1, -0.05) is 20.3 Å². The van der Waals surface area contributed by atoms with Crippen molar-refractivity contribution in [1.29, 1.82) is 0 Å². The van der Waals surface area contributed by atoms with Gasteiger partial charge in [-0.05, 0) is 25.9 Å². The van der Waals surface area contributed by atoms with E-state index in [0.717, 1.165) is 39.0 Å². The second-order valence-corrected chi connectivity index (χ2v) is 5.87. The van der Waals surface area contributed by atoms with Crippen molar-refractivity contribution >= 4 is 0 Å². The van der Waals surface area contributed by atoms with E-state index in [1.54, 1.807) is 0 Å². The number of piperidine rings is 1. The molecule has 2 rings (SSSR count). The van der Waals surface area contributed by atoms with Gasteiger partial charge >= 0.3 is 0 Å². The van der Waals surface area contributed by atoms with E-state index in [1.165, 1.54) is 0 Å². The largest absolute Gasteiger partial charge is 0.391 e. The third-order valence-corrected chi connectivity index (χ3v) is 4.72. The van der Waals surface area contributed by atoms with Gasteiger partial charge < -0.3 is 15.3 Å². The first-order valence-electron chi connectivity index (χ1n) is 7.62. The van der Waals surface area contributed by atoms with Crippen molar-refractivity contribution in [2.24, 2.45) is 0 Å². The monoisotopic (exact) mass is 272 g/mol. The van der Waals surface area contributed by atoms with Crippen LogP contribution in [0.15, 0.2) is 0 Å². The van der Waals surface area contributed by atoms with Crippen molar-refractivity contribution in [2.45, 2.75) is 63.5 Å². The van der Waals surface area contributed by atoms with Crippen LogP contribution in [0.4, 0.5) is 0 Å². The molecule has 0 amide bonds. The Morgan fingerprint density at radius 3 is 2.53 bits per heavy atom. The van der Waals surface area contributed by atoms with Crippen LogP contribution < -0.4 is 0 Å². The third kappa shape index (κ3) is 2.95. The Morgan fingerprint density at radius 1 is 1.16 bits per heavy atom. The Hall–Kier alpha value is -0.200. The SMILES string of the molecule is CCCCN(CC)C1CN2CCC(O)[C@@H]2[C@@H](O)C1O. The number of hydrogen-bond acceptors (Lipinski definition) is 5. The molecule has 0 aromatic rings. The number of nitrogens with zero attached hydrogens (tertiary/aromatic N) is 2. The minimum absolute atomic E-state index is 0.0203. The summed E-state index contributed by atoms with van der Waals surface area (Å²) in [5.41, 5.74) is 0. The lowest BCUT2D eigenvalue weighted by molar-refractivity contribution is -0.124. The van der Waals surface area contributed by atoms with Gasteiger partial charge in [-0.3, -0.25) is 9.80 Å². The lowest BCUT2D eigenvalue weighted by Gasteiger charge is -2.46. The summed E-state index contributed by atoms with van der Waals surface area (Å²) in [5, 5.41) is 30.6. The van der Waals surface area contributed by atoms with Crippen molar-refractivity contribution < 1.29 is 15.3 Å². The number of rotatable bonds is 5. The molecule has 0 aromatic carbocycles. The van der Waals surface area contributed by atoms with Crippen molar-refractivity contribution in [3.8, 4) is 0 Å². The Labute approximate surface area is 115 Å². The average molecular weight is 272 g/mol. The highest BCUT2D eigenvalue weighted by Crippen LogP contribution is 2.30. The van der Waals surface area contributed by atoms with Gasteiger partial charge in [-0.25, -0.2) is 0 Å². The van der Waals surface area contributed by atoms with Crippen LogP contribution in [0.3, 0.4) is 0 Å². The summed E-state index contributed by atoms with van der Waals surface area (Å²) < 4.78 is 0. The molecule has 2 aliphatic heterocycles. The van der Waals surface area contributed by atoms with Gasteiger partial charge in [0.2, 0.25) is 0 Å². The van der Waals surface area contributed by atoms with Crippen LogP contribution in [-0.2, 0) is 0 Å². The first kappa shape index (κ1) is 15.2. The quantitative estimate of drug-likeness (QED) is 0.638. The van der Waals surface area contributed by atoms with Gasteiger partial charge in [0.1, 0.15) is 0 Å². The predicted molar refractivity (Wildman–Crippen MR) is 73.9 cm³/mol. The molecule has 5 nitrogen and oxygen atoms in total. The Balaban J connectivity index is 2.05. The number of aliphatic hydroxyl groups is 3. The second-order valence-electron chi connectivity index (χ2n) is 5.87. The molecule has 5 heteroatoms. The second kappa shape index (κ2) is 6.50. The molecule has 0 bridgehead atoms. The van der Waals surface area contributed by atoms with E-state index in [4.69, 9.17) is 0 Å². The number of fused-ring (bicyclic) bond motifs is 1. The van der Waals surface area contributed by atoms with Crippen LogP contribution in [0, 0.1) is 0 Å². The molecule has 0 spiro atoms. The fraction of sp³-hybridized carbons (Fsp3) is 1.00. The fourth-order valence-corrected chi connectivity index (χ4v) is 3.55. The van der Waals surface area contributed by atoms with Crippen LogP contribution >= 0.6 is 0 Å². The van der Waals surface area contributed by atoms with E-state index in [2.05, 4.69) is 23.6 Å². The van der Waals surface area contributed by atoms with Crippen LogP contribution in [0.1, 0.15) is 33.1 Å². The van der Waals surface area contributed by atoms with Gasteiger partial charge in [-0.2, -0.15) is 0 Å². The highest BCUT2D eigenvalue weighted by molar-refractivity contribution is 5.04. The minimum Gasteiger partial charge on any atom is -0.391 e. The van der Waals surface area contributed by atoms with Crippen LogP contribution in [0.5, 0.6) is 0 Å². The zero-order valence-corrected chi connectivity index (χ0v) is 12.1. The molecule has 2 fully saturated rings. The Morgan fingerprint density at radius 2 is 1.89 bits per heavy atom. The molecule has 19 heavy (non-hydrogen) atoms. The van der Waals surface area contributed by atoms with E-state index in [0.29, 0.717) is 6.42 Å². The summed E-state index contributed by atoms with van der Waals surface area (Å²) in [6.45, 7) is 7.67. The molecule has 2 saturated heterocycles. The van der Waals surface area contributed by atoms with Gasteiger partial charge in [0.25, 0.3) is 0 Å². The number of likely N-dealkylation sites (N-methyl/N-ethyl adjacent to an activating group) is 1. The number of unbranched alkanes of at least 4 members (excludes halogenated alkanes) is 1. The Kier molecular flexibility index (Phi) is 5.20. The molecule has 5 atom stereocenters. The van der Waals surface area contributed by atoms with Crippen LogP contribution in [0.25, 0.3) is 0 Å². The summed E-state index contributed by atoms with van der Waals surface area (Å²) in [7, 11) is 0. The van der Waals surface area contributed by atoms with Gasteiger partial charge in [0.05, 0.1) is 30.4 Å². The fourth-order valence-electron chi connectivity index (χ4n) is 3.55. The molecule has 2 heterocycles. The maximum absolute atomic E-state index is 10.4. The van der Waals surface area contributed by atoms with E-state index < -0.39 is 18.3 Å². The van der Waals surface area contributed by atoms with E-state index >= 15 is 0 Å². The molecule has 2 aliphatic rings. The minimum atomic E-state index is -0.841. The van der Waals surface area contributed by atoms with Gasteiger partial charge in [0.15, 0.2) is 0 Å². The molecule has 0 aliphatic carbocycles. The normalized spacial score (nSPS) is 39.8. The Bertz CT molecular complexity index is 290. The number of hydrogen-bond donors (Lipinski definition) is 3. The highest BCUT2D eigenvalue weighted by Gasteiger charge is 2.49. The molecule has 3 unspecified atom stereocenters. The molecule has 112 valence electrons. The third-order valence-electron chi connectivity index (χ3n) is 4.72. The van der Waals surface area contributed by atoms with Crippen LogP contribution in [0.2, 0.25) is 0 Å². The van der Waals surface area contributed by atoms with E-state index in [-0.39, 0.29) is 12.1 Å². The summed E-state index contributed by atoms with van der Waals surface area (Å²) >= 11 is 0. The summed E-state index contributed by atoms with van der Waals surface area (Å²) in [4.78, 5) is 4.40. The van der Waals surface area contributed by atoms with Crippen molar-refractivity contribution in [3.63, 3.8) is 0 Å². The van der Waals surface area contributed by atoms with Crippen molar-refractivity contribution in [2.75, 3.05) is 26.2 Å². The smallest absolute Gasteiger partial charge is 0.0994 e. The molecule has 0 saturated carbocycles. The van der Waals surface area contributed by atoms with Crippen molar-refractivity contribution in [3.05, 3.63) is 0 Å². The zero-order valence-electron chi connectivity index (χ0n) is 12.1. The maximum atomic E-state index is 10.4. The summed E-state index contributed by atoms with van der Waals surface area (Å²) in [6, 6.07) is -0.302. The predicted octanol–water partition coefficient (Wildman–Crippen LogP) is -0.352. The molecular weight excluding hydrogens is 244 g/mol. The molecular formula is C14H28N2O3. The standard InChI is InChI=1S/C14H28N2O3/c1-3-5-7-15(4-2)10-9-16-8-6-11(17)12(16)14(19)13(10)18/h10-14,17-19H,3-9H2,1-2H3/t10?,11?,12-,13?,14-/m1/s1. The zero-order chi connectivity index (χ0) is 14.0. The average Bonchev–Trinajstić information content (AvgIpc) is 2.77.